The molecule has 6 nitrogen and oxygen atoms in total. The topological polar surface area (TPSA) is 81.5 Å². The number of para-hydroxylation sites is 1. The highest BCUT2D eigenvalue weighted by Crippen LogP contribution is 2.28. The normalized spacial score (nSPS) is 9.62. The summed E-state index contributed by atoms with van der Waals surface area (Å²) in [7, 11) is 1.58. The molecule has 0 bridgehead atoms. The van der Waals surface area contributed by atoms with Gasteiger partial charge in [0.15, 0.2) is 0 Å². The molecule has 1 aromatic carbocycles. The smallest absolute Gasteiger partial charge is 0.302 e. The molecule has 1 aromatic rings. The minimum atomic E-state index is -0.483. The molecule has 0 aliphatic carbocycles. The second kappa shape index (κ2) is 5.11. The van der Waals surface area contributed by atoms with E-state index in [0.29, 0.717) is 11.3 Å². The molecule has 0 unspecified atom stereocenters. The van der Waals surface area contributed by atoms with Crippen LogP contribution in [0.5, 0.6) is 0 Å². The van der Waals surface area contributed by atoms with Gasteiger partial charge in [-0.25, -0.2) is 0 Å². The second-order valence-corrected chi connectivity index (χ2v) is 3.10. The Labute approximate surface area is 92.4 Å². The Kier molecular flexibility index (Phi) is 3.82. The van der Waals surface area contributed by atoms with Crippen LogP contribution in [0.4, 0.5) is 11.4 Å². The third kappa shape index (κ3) is 2.69. The fourth-order valence-corrected chi connectivity index (χ4v) is 1.33. The number of hydrogen-bond donors (Lipinski definition) is 1. The predicted molar refractivity (Wildman–Crippen MR) is 58.1 cm³/mol. The van der Waals surface area contributed by atoms with Crippen molar-refractivity contribution in [1.29, 1.82) is 0 Å². The second-order valence-electron chi connectivity index (χ2n) is 3.10. The maximum Gasteiger partial charge on any atom is 0.302 e. The number of nitrogens with zero attached hydrogens (tertiary/aromatic N) is 1. The summed E-state index contributed by atoms with van der Waals surface area (Å²) in [4.78, 5) is 20.9. The molecule has 6 heteroatoms. The SMILES string of the molecule is CNc1c(COC(C)=O)cccc1[N+](=O)[O-]. The summed E-state index contributed by atoms with van der Waals surface area (Å²) in [5.74, 6) is -0.423. The average molecular weight is 224 g/mol. The van der Waals surface area contributed by atoms with Crippen LogP contribution in [0, 0.1) is 10.1 Å². The molecule has 16 heavy (non-hydrogen) atoms. The number of carbonyl (C=O) groups is 1. The van der Waals surface area contributed by atoms with E-state index in [-0.39, 0.29) is 12.3 Å². The van der Waals surface area contributed by atoms with Crippen LogP contribution < -0.4 is 5.32 Å². The summed E-state index contributed by atoms with van der Waals surface area (Å²) in [6.07, 6.45) is 0. The van der Waals surface area contributed by atoms with Crippen LogP contribution in [0.3, 0.4) is 0 Å². The molecule has 1 N–H and O–H groups in total. The first-order valence-electron chi connectivity index (χ1n) is 4.63. The van der Waals surface area contributed by atoms with Crippen molar-refractivity contribution in [1.82, 2.24) is 0 Å². The van der Waals surface area contributed by atoms with Crippen molar-refractivity contribution in [3.05, 3.63) is 33.9 Å². The van der Waals surface area contributed by atoms with E-state index in [1.165, 1.54) is 13.0 Å². The lowest BCUT2D eigenvalue weighted by molar-refractivity contribution is -0.384. The van der Waals surface area contributed by atoms with Crippen molar-refractivity contribution in [2.24, 2.45) is 0 Å². The van der Waals surface area contributed by atoms with Gasteiger partial charge in [0, 0.05) is 25.6 Å². The van der Waals surface area contributed by atoms with Crippen molar-refractivity contribution in [2.45, 2.75) is 13.5 Å². The van der Waals surface area contributed by atoms with E-state index in [9.17, 15) is 14.9 Å². The van der Waals surface area contributed by atoms with Gasteiger partial charge in [0.1, 0.15) is 12.3 Å². The molecular formula is C10H12N2O4. The van der Waals surface area contributed by atoms with Crippen molar-refractivity contribution in [3.63, 3.8) is 0 Å². The first-order valence-corrected chi connectivity index (χ1v) is 4.63. The van der Waals surface area contributed by atoms with Crippen molar-refractivity contribution >= 4 is 17.3 Å². The molecule has 0 heterocycles. The highest BCUT2D eigenvalue weighted by molar-refractivity contribution is 5.68. The number of benzene rings is 1. The molecule has 0 saturated carbocycles. The van der Waals surface area contributed by atoms with E-state index in [4.69, 9.17) is 4.74 Å². The summed E-state index contributed by atoms with van der Waals surface area (Å²) >= 11 is 0. The lowest BCUT2D eigenvalue weighted by atomic mass is 10.1. The third-order valence-electron chi connectivity index (χ3n) is 2.01. The Morgan fingerprint density at radius 2 is 2.25 bits per heavy atom. The van der Waals surface area contributed by atoms with Crippen LogP contribution in [0.25, 0.3) is 0 Å². The number of nitro benzene ring substituents is 1. The summed E-state index contributed by atoms with van der Waals surface area (Å²) in [5, 5.41) is 13.5. The van der Waals surface area contributed by atoms with E-state index < -0.39 is 10.9 Å². The fraction of sp³-hybridized carbons (Fsp3) is 0.300. The van der Waals surface area contributed by atoms with Crippen LogP contribution in [-0.4, -0.2) is 17.9 Å². The van der Waals surface area contributed by atoms with E-state index in [0.717, 1.165) is 0 Å². The Hall–Kier alpha value is -2.11. The van der Waals surface area contributed by atoms with Crippen LogP contribution in [-0.2, 0) is 16.1 Å². The molecule has 0 atom stereocenters. The molecule has 0 spiro atoms. The first-order chi connectivity index (χ1) is 7.56. The molecule has 0 saturated heterocycles. The summed E-state index contributed by atoms with van der Waals surface area (Å²) in [6, 6.07) is 4.61. The number of rotatable bonds is 4. The molecule has 1 rings (SSSR count). The fourth-order valence-electron chi connectivity index (χ4n) is 1.33. The van der Waals surface area contributed by atoms with Crippen LogP contribution in [0.2, 0.25) is 0 Å². The highest BCUT2D eigenvalue weighted by Gasteiger charge is 2.16. The highest BCUT2D eigenvalue weighted by atomic mass is 16.6. The number of nitro groups is 1. The molecule has 0 fully saturated rings. The van der Waals surface area contributed by atoms with Crippen molar-refractivity contribution in [3.8, 4) is 0 Å². The van der Waals surface area contributed by atoms with Gasteiger partial charge in [-0.3, -0.25) is 14.9 Å². The minimum Gasteiger partial charge on any atom is -0.461 e. The third-order valence-corrected chi connectivity index (χ3v) is 2.01. The molecule has 0 radical (unpaired) electrons. The summed E-state index contributed by atoms with van der Waals surface area (Å²) < 4.78 is 4.80. The lowest BCUT2D eigenvalue weighted by Crippen LogP contribution is -2.04. The maximum atomic E-state index is 10.7. The molecule has 0 aromatic heterocycles. The Bertz CT molecular complexity index is 417. The predicted octanol–water partition coefficient (Wildman–Crippen LogP) is 1.70. The number of carbonyl (C=O) groups excluding carboxylic acids is 1. The average Bonchev–Trinajstić information content (AvgIpc) is 2.25. The monoisotopic (exact) mass is 224 g/mol. The quantitative estimate of drug-likeness (QED) is 0.478. The van der Waals surface area contributed by atoms with Crippen LogP contribution >= 0.6 is 0 Å². The van der Waals surface area contributed by atoms with Gasteiger partial charge >= 0.3 is 5.97 Å². The Balaban J connectivity index is 3.04. The minimum absolute atomic E-state index is 0.0210. The molecular weight excluding hydrogens is 212 g/mol. The standard InChI is InChI=1S/C10H12N2O4/c1-7(13)16-6-8-4-3-5-9(12(14)15)10(8)11-2/h3-5,11H,6H2,1-2H3. The molecule has 0 amide bonds. The Morgan fingerprint density at radius 3 is 2.75 bits per heavy atom. The number of esters is 1. The summed E-state index contributed by atoms with van der Waals surface area (Å²) in [5.41, 5.74) is 0.910. The zero-order chi connectivity index (χ0) is 12.1. The number of hydrogen-bond acceptors (Lipinski definition) is 5. The molecule has 0 aliphatic rings. The van der Waals surface area contributed by atoms with Crippen molar-refractivity contribution in [2.75, 3.05) is 12.4 Å². The van der Waals surface area contributed by atoms with Gasteiger partial charge in [-0.1, -0.05) is 12.1 Å². The van der Waals surface area contributed by atoms with Gasteiger partial charge in [-0.2, -0.15) is 0 Å². The van der Waals surface area contributed by atoms with Crippen molar-refractivity contribution < 1.29 is 14.5 Å². The van der Waals surface area contributed by atoms with Gasteiger partial charge in [-0.05, 0) is 0 Å². The zero-order valence-electron chi connectivity index (χ0n) is 9.02. The molecule has 86 valence electrons. The van der Waals surface area contributed by atoms with E-state index in [2.05, 4.69) is 5.32 Å². The number of nitrogens with one attached hydrogen (secondary N) is 1. The van der Waals surface area contributed by atoms with E-state index in [1.807, 2.05) is 0 Å². The van der Waals surface area contributed by atoms with Gasteiger partial charge in [-0.15, -0.1) is 0 Å². The van der Waals surface area contributed by atoms with E-state index in [1.54, 1.807) is 19.2 Å². The first kappa shape index (κ1) is 12.0. The number of anilines is 1. The molecule has 0 aliphatic heterocycles. The van der Waals surface area contributed by atoms with Gasteiger partial charge < -0.3 is 10.1 Å². The van der Waals surface area contributed by atoms with Gasteiger partial charge in [0.25, 0.3) is 5.69 Å². The van der Waals surface area contributed by atoms with Gasteiger partial charge in [0.05, 0.1) is 4.92 Å². The zero-order valence-corrected chi connectivity index (χ0v) is 9.02. The van der Waals surface area contributed by atoms with Crippen LogP contribution in [0.1, 0.15) is 12.5 Å². The Morgan fingerprint density at radius 1 is 1.56 bits per heavy atom. The van der Waals surface area contributed by atoms with E-state index >= 15 is 0 Å². The lowest BCUT2D eigenvalue weighted by Gasteiger charge is -2.09. The largest absolute Gasteiger partial charge is 0.461 e. The number of ether oxygens (including phenoxy) is 1. The summed E-state index contributed by atoms with van der Waals surface area (Å²) in [6.45, 7) is 1.31. The van der Waals surface area contributed by atoms with Crippen LogP contribution in [0.15, 0.2) is 18.2 Å². The maximum absolute atomic E-state index is 10.7. The van der Waals surface area contributed by atoms with Gasteiger partial charge in [0.2, 0.25) is 0 Å².